The fourth-order valence-corrected chi connectivity index (χ4v) is 4.25. The molecule has 0 aliphatic carbocycles. The molecule has 3 aromatic heterocycles. The number of halogens is 1. The van der Waals surface area contributed by atoms with E-state index in [-0.39, 0.29) is 17.8 Å². The van der Waals surface area contributed by atoms with E-state index in [1.807, 2.05) is 11.5 Å². The molecule has 0 saturated heterocycles. The summed E-state index contributed by atoms with van der Waals surface area (Å²) in [4.78, 5) is 27.3. The first-order valence-corrected chi connectivity index (χ1v) is 9.50. The first-order valence-electron chi connectivity index (χ1n) is 8.68. The van der Waals surface area contributed by atoms with Crippen molar-refractivity contribution in [1.82, 2.24) is 34.6 Å². The molecule has 0 unspecified atom stereocenters. The molecule has 4 heterocycles. The van der Waals surface area contributed by atoms with Gasteiger partial charge in [-0.05, 0) is 31.2 Å². The molecule has 8 nitrogen and oxygen atoms in total. The van der Waals surface area contributed by atoms with Crippen molar-refractivity contribution < 1.29 is 9.18 Å². The summed E-state index contributed by atoms with van der Waals surface area (Å²) in [7, 11) is 0. The Morgan fingerprint density at radius 2 is 2.04 bits per heavy atom. The molecule has 0 spiro atoms. The monoisotopic (exact) mass is 395 g/mol. The van der Waals surface area contributed by atoms with Crippen molar-refractivity contribution in [2.75, 3.05) is 6.54 Å². The number of fused-ring (bicyclic) bond motifs is 2. The summed E-state index contributed by atoms with van der Waals surface area (Å²) in [5.41, 5.74) is 1.08. The highest BCUT2D eigenvalue weighted by molar-refractivity contribution is 7.21. The molecule has 5 rings (SSSR count). The van der Waals surface area contributed by atoms with E-state index in [0.717, 1.165) is 9.71 Å². The quantitative estimate of drug-likeness (QED) is 0.518. The molecule has 1 amide bonds. The van der Waals surface area contributed by atoms with Crippen LogP contribution in [0.25, 0.3) is 21.2 Å². The van der Waals surface area contributed by atoms with E-state index in [2.05, 4.69) is 25.1 Å². The van der Waals surface area contributed by atoms with Gasteiger partial charge in [0, 0.05) is 24.8 Å². The van der Waals surface area contributed by atoms with Crippen LogP contribution in [0.1, 0.15) is 29.1 Å². The number of amides is 1. The smallest absolute Gasteiger partial charge is 0.254 e. The fourth-order valence-electron chi connectivity index (χ4n) is 3.36. The zero-order chi connectivity index (χ0) is 19.3. The van der Waals surface area contributed by atoms with Crippen LogP contribution in [0.3, 0.4) is 0 Å². The van der Waals surface area contributed by atoms with Crippen molar-refractivity contribution >= 4 is 27.6 Å². The van der Waals surface area contributed by atoms with E-state index in [9.17, 15) is 9.18 Å². The molecule has 1 aliphatic rings. The van der Waals surface area contributed by atoms with Crippen LogP contribution in [0.4, 0.5) is 4.39 Å². The maximum Gasteiger partial charge on any atom is 0.254 e. The molecular weight excluding hydrogens is 381 g/mol. The molecular formula is C18H14FN7OS. The van der Waals surface area contributed by atoms with Crippen LogP contribution in [0.15, 0.2) is 36.8 Å². The fraction of sp³-hybridized carbons (Fsp3) is 0.222. The van der Waals surface area contributed by atoms with Crippen molar-refractivity contribution in [2.24, 2.45) is 0 Å². The Kier molecular flexibility index (Phi) is 3.86. The van der Waals surface area contributed by atoms with Gasteiger partial charge in [0.1, 0.15) is 12.1 Å². The minimum Gasteiger partial charge on any atom is -0.327 e. The second-order valence-electron chi connectivity index (χ2n) is 6.44. The van der Waals surface area contributed by atoms with Crippen LogP contribution in [0.2, 0.25) is 0 Å². The van der Waals surface area contributed by atoms with Crippen LogP contribution in [0, 0.1) is 5.82 Å². The average molecular weight is 395 g/mol. The Morgan fingerprint density at radius 1 is 1.21 bits per heavy atom. The summed E-state index contributed by atoms with van der Waals surface area (Å²) in [6, 6.07) is 5.31. The molecule has 0 bridgehead atoms. The highest BCUT2D eigenvalue weighted by atomic mass is 32.1. The molecule has 1 atom stereocenters. The number of nitrogens with zero attached hydrogens (tertiary/aromatic N) is 7. The lowest BCUT2D eigenvalue weighted by molar-refractivity contribution is 0.0638. The van der Waals surface area contributed by atoms with Crippen molar-refractivity contribution in [2.45, 2.75) is 19.5 Å². The molecule has 1 aliphatic heterocycles. The predicted molar refractivity (Wildman–Crippen MR) is 100 cm³/mol. The first-order chi connectivity index (χ1) is 13.6. The van der Waals surface area contributed by atoms with Gasteiger partial charge in [-0.3, -0.25) is 4.79 Å². The van der Waals surface area contributed by atoms with Crippen LogP contribution < -0.4 is 0 Å². The van der Waals surface area contributed by atoms with Gasteiger partial charge in [-0.2, -0.15) is 0 Å². The number of aromatic nitrogens is 6. The number of hydrogen-bond acceptors (Lipinski definition) is 7. The van der Waals surface area contributed by atoms with Crippen LogP contribution in [-0.2, 0) is 6.54 Å². The van der Waals surface area contributed by atoms with E-state index in [1.54, 1.807) is 11.1 Å². The van der Waals surface area contributed by atoms with Gasteiger partial charge >= 0.3 is 0 Å². The first kappa shape index (κ1) is 16.9. The lowest BCUT2D eigenvalue weighted by atomic mass is 10.1. The van der Waals surface area contributed by atoms with Crippen molar-refractivity contribution in [3.63, 3.8) is 0 Å². The van der Waals surface area contributed by atoms with Gasteiger partial charge < -0.3 is 9.47 Å². The van der Waals surface area contributed by atoms with Gasteiger partial charge in [0.25, 0.3) is 5.91 Å². The highest BCUT2D eigenvalue weighted by Gasteiger charge is 2.32. The van der Waals surface area contributed by atoms with Gasteiger partial charge in [0.05, 0.1) is 10.7 Å². The number of benzene rings is 1. The molecule has 28 heavy (non-hydrogen) atoms. The third-order valence-corrected chi connectivity index (χ3v) is 5.78. The second kappa shape index (κ2) is 6.41. The highest BCUT2D eigenvalue weighted by Crippen LogP contribution is 2.32. The Labute approximate surface area is 162 Å². The molecule has 10 heteroatoms. The second-order valence-corrected chi connectivity index (χ2v) is 7.48. The normalized spacial score (nSPS) is 16.4. The largest absolute Gasteiger partial charge is 0.327 e. The SMILES string of the molecule is C[C@@H]1c2nnc(-c3nc4ncncc4s3)n2CCN1C(=O)c1ccc(F)cc1. The summed E-state index contributed by atoms with van der Waals surface area (Å²) >= 11 is 1.46. The zero-order valence-corrected chi connectivity index (χ0v) is 15.6. The van der Waals surface area contributed by atoms with Gasteiger partial charge in [0.15, 0.2) is 22.3 Å². The van der Waals surface area contributed by atoms with Crippen LogP contribution >= 0.6 is 11.3 Å². The van der Waals surface area contributed by atoms with Crippen LogP contribution in [-0.4, -0.2) is 47.1 Å². The van der Waals surface area contributed by atoms with Crippen molar-refractivity contribution in [1.29, 1.82) is 0 Å². The topological polar surface area (TPSA) is 89.7 Å². The number of thiazole rings is 1. The predicted octanol–water partition coefficient (Wildman–Crippen LogP) is 2.70. The number of carbonyl (C=O) groups excluding carboxylic acids is 1. The van der Waals surface area contributed by atoms with Gasteiger partial charge in [0.2, 0.25) is 0 Å². The maximum atomic E-state index is 13.1. The minimum atomic E-state index is -0.367. The molecule has 0 radical (unpaired) electrons. The van der Waals surface area contributed by atoms with E-state index in [4.69, 9.17) is 0 Å². The van der Waals surface area contributed by atoms with Crippen molar-refractivity contribution in [3.05, 3.63) is 54.0 Å². The van der Waals surface area contributed by atoms with E-state index >= 15 is 0 Å². The van der Waals surface area contributed by atoms with E-state index < -0.39 is 0 Å². The summed E-state index contributed by atoms with van der Waals surface area (Å²) < 4.78 is 16.0. The molecule has 1 aromatic carbocycles. The summed E-state index contributed by atoms with van der Waals surface area (Å²) in [6.45, 7) is 2.96. The molecule has 0 N–H and O–H groups in total. The maximum absolute atomic E-state index is 13.1. The minimum absolute atomic E-state index is 0.154. The Balaban J connectivity index is 1.47. The third-order valence-electron chi connectivity index (χ3n) is 4.80. The van der Waals surface area contributed by atoms with E-state index in [0.29, 0.717) is 35.9 Å². The van der Waals surface area contributed by atoms with E-state index in [1.165, 1.54) is 41.9 Å². The van der Waals surface area contributed by atoms with Gasteiger partial charge in [-0.25, -0.2) is 19.3 Å². The molecule has 0 saturated carbocycles. The standard InChI is InChI=1S/C18H14FN7OS/c1-10-15-23-24-16(17-22-14-13(28-17)8-20-9-21-14)26(15)7-6-25(10)18(27)11-2-4-12(19)5-3-11/h2-5,8-10H,6-7H2,1H3/t10-/m1/s1. The Morgan fingerprint density at radius 3 is 2.82 bits per heavy atom. The lowest BCUT2D eigenvalue weighted by Gasteiger charge is -2.33. The summed E-state index contributed by atoms with van der Waals surface area (Å²) in [6.07, 6.45) is 3.19. The third kappa shape index (κ3) is 2.64. The Bertz CT molecular complexity index is 1150. The summed E-state index contributed by atoms with van der Waals surface area (Å²) in [5.74, 6) is 0.840. The number of hydrogen-bond donors (Lipinski definition) is 0. The number of rotatable bonds is 2. The average Bonchev–Trinajstić information content (AvgIpc) is 3.32. The lowest BCUT2D eigenvalue weighted by Crippen LogP contribution is -2.41. The van der Waals surface area contributed by atoms with Crippen molar-refractivity contribution in [3.8, 4) is 10.8 Å². The number of carbonyl (C=O) groups is 1. The van der Waals surface area contributed by atoms with Gasteiger partial charge in [-0.15, -0.1) is 21.5 Å². The zero-order valence-electron chi connectivity index (χ0n) is 14.8. The summed E-state index contributed by atoms with van der Waals surface area (Å²) in [5, 5.41) is 9.35. The molecule has 0 fully saturated rings. The van der Waals surface area contributed by atoms with Crippen LogP contribution in [0.5, 0.6) is 0 Å². The van der Waals surface area contributed by atoms with Gasteiger partial charge in [-0.1, -0.05) is 0 Å². The molecule has 140 valence electrons. The molecule has 4 aromatic rings. The Hall–Kier alpha value is -3.27.